The maximum Gasteiger partial charge on any atom is 0.416 e. The Morgan fingerprint density at radius 1 is 1.17 bits per heavy atom. The number of halogens is 5. The van der Waals surface area contributed by atoms with Crippen LogP contribution in [0.4, 0.5) is 18.0 Å². The highest BCUT2D eigenvalue weighted by atomic mass is 79.9. The molecule has 42 heavy (non-hydrogen) atoms. The van der Waals surface area contributed by atoms with E-state index in [1.165, 1.54) is 31.2 Å². The van der Waals surface area contributed by atoms with Crippen LogP contribution in [0.2, 0.25) is 0 Å². The molecule has 1 aliphatic heterocycles. The molecule has 3 rings (SSSR count). The minimum Gasteiger partial charge on any atom is -0.444 e. The number of likely N-dealkylation sites (tertiary alicyclic amines) is 1. The van der Waals surface area contributed by atoms with Crippen molar-refractivity contribution in [3.8, 4) is 0 Å². The van der Waals surface area contributed by atoms with Crippen molar-refractivity contribution in [2.45, 2.75) is 57.7 Å². The molecular weight excluding hydrogens is 663 g/mol. The van der Waals surface area contributed by atoms with Gasteiger partial charge in [-0.1, -0.05) is 46.6 Å². The van der Waals surface area contributed by atoms with E-state index in [-0.39, 0.29) is 40.4 Å². The van der Waals surface area contributed by atoms with Crippen molar-refractivity contribution in [3.63, 3.8) is 0 Å². The Hall–Kier alpha value is -2.09. The third-order valence-electron chi connectivity index (χ3n) is 7.00. The van der Waals surface area contributed by atoms with E-state index in [1.807, 2.05) is 4.90 Å². The van der Waals surface area contributed by atoms with E-state index in [1.54, 1.807) is 20.8 Å². The number of sulfone groups is 1. The molecule has 0 saturated carbocycles. The third-order valence-corrected chi connectivity index (χ3v) is 10.1. The molecule has 1 aliphatic carbocycles. The summed E-state index contributed by atoms with van der Waals surface area (Å²) in [6, 6.07) is 2.15. The van der Waals surface area contributed by atoms with E-state index < -0.39 is 50.3 Å². The topological polar surface area (TPSA) is 105 Å². The molecule has 0 spiro atoms. The largest absolute Gasteiger partial charge is 0.444 e. The van der Waals surface area contributed by atoms with E-state index in [0.717, 1.165) is 6.07 Å². The first-order valence-electron chi connectivity index (χ1n) is 13.5. The minimum absolute atomic E-state index is 0.000961. The highest BCUT2D eigenvalue weighted by molar-refractivity contribution is 9.10. The number of allylic oxidation sites excluding steroid dienone is 2. The Bertz CT molecular complexity index is 1350. The van der Waals surface area contributed by atoms with Crippen LogP contribution in [-0.4, -0.2) is 68.1 Å². The molecule has 1 aromatic rings. The number of carbonyl (C=O) groups is 2. The van der Waals surface area contributed by atoms with Gasteiger partial charge >= 0.3 is 12.3 Å². The van der Waals surface area contributed by atoms with Gasteiger partial charge in [-0.25, -0.2) is 13.2 Å². The van der Waals surface area contributed by atoms with E-state index in [9.17, 15) is 31.2 Å². The highest BCUT2D eigenvalue weighted by Crippen LogP contribution is 2.38. The number of benzene rings is 1. The maximum absolute atomic E-state index is 14.2. The molecule has 234 valence electrons. The van der Waals surface area contributed by atoms with E-state index in [0.29, 0.717) is 31.1 Å². The molecule has 8 nitrogen and oxygen atoms in total. The summed E-state index contributed by atoms with van der Waals surface area (Å²) in [5, 5.41) is 4.69. The lowest BCUT2D eigenvalue weighted by atomic mass is 9.99. The second kappa shape index (κ2) is 13.7. The predicted octanol–water partition coefficient (Wildman–Crippen LogP) is 5.66. The van der Waals surface area contributed by atoms with Crippen molar-refractivity contribution < 1.29 is 35.9 Å². The zero-order valence-corrected chi connectivity index (χ0v) is 27.0. The molecule has 0 radical (unpaired) electrons. The van der Waals surface area contributed by atoms with Crippen molar-refractivity contribution >= 4 is 49.4 Å². The van der Waals surface area contributed by atoms with Gasteiger partial charge in [-0.15, -0.1) is 0 Å². The number of rotatable bonds is 9. The Morgan fingerprint density at radius 2 is 1.86 bits per heavy atom. The minimum atomic E-state index is -4.73. The van der Waals surface area contributed by atoms with Crippen LogP contribution in [0.25, 0.3) is 0 Å². The summed E-state index contributed by atoms with van der Waals surface area (Å²) in [6.07, 6.45) is -0.120. The van der Waals surface area contributed by atoms with Crippen LogP contribution in [0.5, 0.6) is 0 Å². The summed E-state index contributed by atoms with van der Waals surface area (Å²) in [5.74, 6) is -1.50. The van der Waals surface area contributed by atoms with Gasteiger partial charge in [-0.2, -0.15) is 13.2 Å². The number of alkyl halides is 3. The molecule has 2 amide bonds. The smallest absolute Gasteiger partial charge is 0.416 e. The van der Waals surface area contributed by atoms with Crippen molar-refractivity contribution in [2.24, 2.45) is 11.8 Å². The van der Waals surface area contributed by atoms with Gasteiger partial charge in [0.25, 0.3) is 5.91 Å². The number of hydrogen-bond acceptors (Lipinski definition) is 6. The fourth-order valence-electron chi connectivity index (χ4n) is 4.92. The van der Waals surface area contributed by atoms with Crippen LogP contribution in [-0.2, 0) is 27.3 Å². The van der Waals surface area contributed by atoms with Crippen LogP contribution in [0.3, 0.4) is 0 Å². The van der Waals surface area contributed by atoms with E-state index >= 15 is 0 Å². The lowest BCUT2D eigenvalue weighted by Gasteiger charge is -2.25. The molecule has 2 unspecified atom stereocenters. The molecule has 1 fully saturated rings. The van der Waals surface area contributed by atoms with E-state index in [2.05, 4.69) is 26.6 Å². The van der Waals surface area contributed by atoms with Crippen LogP contribution in [0.1, 0.15) is 55.6 Å². The number of nitrogens with zero attached hydrogens (tertiary/aromatic N) is 1. The number of hydrogen-bond donors (Lipinski definition) is 2. The van der Waals surface area contributed by atoms with Gasteiger partial charge < -0.3 is 15.4 Å². The Labute approximate surface area is 258 Å². The van der Waals surface area contributed by atoms with Gasteiger partial charge in [0.05, 0.1) is 10.8 Å². The molecule has 14 heteroatoms. The first kappa shape index (κ1) is 34.4. The van der Waals surface area contributed by atoms with Crippen molar-refractivity contribution in [1.29, 1.82) is 0 Å². The summed E-state index contributed by atoms with van der Waals surface area (Å²) >= 11 is 9.30. The second-order valence-corrected chi connectivity index (χ2v) is 15.2. The summed E-state index contributed by atoms with van der Waals surface area (Å²) in [7, 11) is -3.50. The van der Waals surface area contributed by atoms with Crippen LogP contribution >= 0.6 is 27.5 Å². The molecule has 1 aromatic carbocycles. The zero-order valence-electron chi connectivity index (χ0n) is 23.9. The average molecular weight is 699 g/mol. The molecule has 3 atom stereocenters. The third kappa shape index (κ3) is 9.45. The molecule has 2 aliphatic rings. The molecule has 1 heterocycles. The van der Waals surface area contributed by atoms with Gasteiger partial charge in [0.15, 0.2) is 9.84 Å². The SMILES string of the molecule is CCS(=O)(=O)C1C=CC(Cl)=CC1CNC(=O)c1cc(Br)c(CN2CC[C@@H](CNC(=O)OC(C)(C)C)C2)c(C(F)(F)F)c1. The molecule has 0 bridgehead atoms. The first-order chi connectivity index (χ1) is 19.4. The average Bonchev–Trinajstić information content (AvgIpc) is 3.32. The van der Waals surface area contributed by atoms with Crippen LogP contribution < -0.4 is 10.6 Å². The summed E-state index contributed by atoms with van der Waals surface area (Å²) in [4.78, 5) is 26.8. The monoisotopic (exact) mass is 697 g/mol. The summed E-state index contributed by atoms with van der Waals surface area (Å²) in [5.41, 5.74) is -1.78. The van der Waals surface area contributed by atoms with Crippen molar-refractivity contribution in [1.82, 2.24) is 15.5 Å². The quantitative estimate of drug-likeness (QED) is 0.345. The van der Waals surface area contributed by atoms with Crippen molar-refractivity contribution in [3.05, 3.63) is 56.6 Å². The van der Waals surface area contributed by atoms with Crippen molar-refractivity contribution in [2.75, 3.05) is 31.9 Å². The number of nitrogens with one attached hydrogen (secondary N) is 2. The van der Waals surface area contributed by atoms with Crippen LogP contribution in [0.15, 0.2) is 39.9 Å². The van der Waals surface area contributed by atoms with Gasteiger partial charge in [-0.3, -0.25) is 9.69 Å². The number of alkyl carbamates (subject to hydrolysis) is 1. The fourth-order valence-corrected chi connectivity index (χ4v) is 7.15. The molecular formula is C28H36BrClF3N3O5S. The van der Waals surface area contributed by atoms with Gasteiger partial charge in [-0.05, 0) is 63.4 Å². The van der Waals surface area contributed by atoms with E-state index in [4.69, 9.17) is 16.3 Å². The summed E-state index contributed by atoms with van der Waals surface area (Å²) < 4.78 is 72.9. The highest BCUT2D eigenvalue weighted by Gasteiger charge is 2.37. The lowest BCUT2D eigenvalue weighted by Crippen LogP contribution is -2.38. The maximum atomic E-state index is 14.2. The normalized spacial score (nSPS) is 21.6. The standard InChI is InChI=1S/C28H36BrClF3N3O5S/c1-5-42(39,40)24-7-6-20(30)10-19(24)14-34-25(37)18-11-22(28(31,32)33)21(23(29)12-18)16-36-9-8-17(15-36)13-35-26(38)41-27(2,3)4/h6-7,10-12,17,19,24H,5,8-9,13-16H2,1-4H3,(H,34,37)(H,35,38)/t17-,19?,24?/m0/s1. The zero-order chi connectivity index (χ0) is 31.5. The number of amides is 2. The Morgan fingerprint density at radius 3 is 2.48 bits per heavy atom. The Kier molecular flexibility index (Phi) is 11.2. The molecule has 0 aromatic heterocycles. The number of carbonyl (C=O) groups excluding carboxylic acids is 2. The molecule has 1 saturated heterocycles. The van der Waals surface area contributed by atoms with Gasteiger partial charge in [0.2, 0.25) is 0 Å². The predicted molar refractivity (Wildman–Crippen MR) is 159 cm³/mol. The van der Waals surface area contributed by atoms with Gasteiger partial charge in [0.1, 0.15) is 5.60 Å². The lowest BCUT2D eigenvalue weighted by molar-refractivity contribution is -0.138. The fraction of sp³-hybridized carbons (Fsp3) is 0.571. The first-order valence-corrected chi connectivity index (χ1v) is 16.4. The van der Waals surface area contributed by atoms with Crippen LogP contribution in [0, 0.1) is 11.8 Å². The number of ether oxygens (including phenoxy) is 1. The van der Waals surface area contributed by atoms with Gasteiger partial charge in [0, 0.05) is 52.9 Å². The summed E-state index contributed by atoms with van der Waals surface area (Å²) in [6.45, 7) is 8.01. The second-order valence-electron chi connectivity index (χ2n) is 11.5. The Balaban J connectivity index is 1.70. The molecule has 2 N–H and O–H groups in total.